The number of likely N-dealkylation sites (N-methyl/N-ethyl adjacent to an activating group) is 1. The van der Waals surface area contributed by atoms with Crippen LogP contribution >= 0.6 is 27.3 Å². The second-order valence-corrected chi connectivity index (χ2v) is 8.08. The lowest BCUT2D eigenvalue weighted by Gasteiger charge is -2.34. The van der Waals surface area contributed by atoms with Gasteiger partial charge in [0.25, 0.3) is 10.0 Å². The van der Waals surface area contributed by atoms with Crippen molar-refractivity contribution in [3.63, 3.8) is 0 Å². The van der Waals surface area contributed by atoms with E-state index in [1.54, 1.807) is 19.2 Å². The maximum absolute atomic E-state index is 12.1. The molecular formula is C8H11BrN2O2S2. The third kappa shape index (κ3) is 2.12. The Balaban J connectivity index is 2.26. The van der Waals surface area contributed by atoms with Gasteiger partial charge in [0.1, 0.15) is 4.21 Å². The standard InChI is InChI=1S/C8H11BrN2O2S2/c1-11(6-4-10-5-6)15(12,13)8-3-2-7(9)14-8/h2-3,6,10H,4-5H2,1H3. The molecule has 0 bridgehead atoms. The van der Waals surface area contributed by atoms with Gasteiger partial charge >= 0.3 is 0 Å². The molecule has 1 fully saturated rings. The first-order valence-electron chi connectivity index (χ1n) is 4.46. The van der Waals surface area contributed by atoms with Crippen molar-refractivity contribution in [2.45, 2.75) is 10.3 Å². The molecular weight excluding hydrogens is 300 g/mol. The Kier molecular flexibility index (Phi) is 3.18. The van der Waals surface area contributed by atoms with Gasteiger partial charge in [0.15, 0.2) is 0 Å². The highest BCUT2D eigenvalue weighted by molar-refractivity contribution is 9.11. The molecule has 0 spiro atoms. The highest BCUT2D eigenvalue weighted by Crippen LogP contribution is 2.28. The quantitative estimate of drug-likeness (QED) is 0.909. The zero-order chi connectivity index (χ0) is 11.1. The number of nitrogens with zero attached hydrogens (tertiary/aromatic N) is 1. The predicted octanol–water partition coefficient (Wildman–Crippen LogP) is 1.10. The van der Waals surface area contributed by atoms with Gasteiger partial charge in [0.05, 0.1) is 3.79 Å². The van der Waals surface area contributed by atoms with Crippen molar-refractivity contribution >= 4 is 37.3 Å². The molecule has 15 heavy (non-hydrogen) atoms. The first-order valence-corrected chi connectivity index (χ1v) is 7.51. The molecule has 0 unspecified atom stereocenters. The van der Waals surface area contributed by atoms with Gasteiger partial charge in [0.2, 0.25) is 0 Å². The van der Waals surface area contributed by atoms with Crippen LogP contribution in [0.4, 0.5) is 0 Å². The van der Waals surface area contributed by atoms with E-state index in [1.807, 2.05) is 0 Å². The largest absolute Gasteiger partial charge is 0.313 e. The molecule has 1 saturated heterocycles. The van der Waals surface area contributed by atoms with Gasteiger partial charge < -0.3 is 5.32 Å². The highest BCUT2D eigenvalue weighted by Gasteiger charge is 2.32. The Morgan fingerprint density at radius 3 is 2.60 bits per heavy atom. The molecule has 0 radical (unpaired) electrons. The van der Waals surface area contributed by atoms with E-state index < -0.39 is 10.0 Å². The second kappa shape index (κ2) is 4.14. The van der Waals surface area contributed by atoms with E-state index in [2.05, 4.69) is 21.2 Å². The first-order chi connectivity index (χ1) is 7.01. The number of nitrogens with one attached hydrogen (secondary N) is 1. The van der Waals surface area contributed by atoms with E-state index in [9.17, 15) is 8.42 Å². The van der Waals surface area contributed by atoms with Crippen molar-refractivity contribution in [1.29, 1.82) is 0 Å². The van der Waals surface area contributed by atoms with Gasteiger partial charge in [-0.3, -0.25) is 0 Å². The van der Waals surface area contributed by atoms with Crippen molar-refractivity contribution in [3.05, 3.63) is 15.9 Å². The third-order valence-corrected chi connectivity index (χ3v) is 6.46. The van der Waals surface area contributed by atoms with Gasteiger partial charge in [-0.2, -0.15) is 4.31 Å². The number of halogens is 1. The molecule has 0 aliphatic carbocycles. The summed E-state index contributed by atoms with van der Waals surface area (Å²) in [5.41, 5.74) is 0. The fraction of sp³-hybridized carbons (Fsp3) is 0.500. The van der Waals surface area contributed by atoms with Crippen LogP contribution in [0.15, 0.2) is 20.1 Å². The van der Waals surface area contributed by atoms with Crippen LogP contribution in [0.5, 0.6) is 0 Å². The van der Waals surface area contributed by atoms with Crippen LogP contribution in [-0.2, 0) is 10.0 Å². The van der Waals surface area contributed by atoms with E-state index >= 15 is 0 Å². The van der Waals surface area contributed by atoms with Gasteiger partial charge in [-0.15, -0.1) is 11.3 Å². The zero-order valence-corrected chi connectivity index (χ0v) is 11.3. The van der Waals surface area contributed by atoms with E-state index in [-0.39, 0.29) is 6.04 Å². The molecule has 0 atom stereocenters. The fourth-order valence-electron chi connectivity index (χ4n) is 1.31. The van der Waals surface area contributed by atoms with Crippen LogP contribution in [-0.4, -0.2) is 38.9 Å². The second-order valence-electron chi connectivity index (χ2n) is 3.39. The normalized spacial score (nSPS) is 18.1. The predicted molar refractivity (Wildman–Crippen MR) is 63.6 cm³/mol. The minimum Gasteiger partial charge on any atom is -0.313 e. The molecule has 0 amide bonds. The molecule has 1 aromatic rings. The summed E-state index contributed by atoms with van der Waals surface area (Å²) in [5, 5.41) is 3.06. The van der Waals surface area contributed by atoms with Crippen molar-refractivity contribution in [1.82, 2.24) is 9.62 Å². The molecule has 0 saturated carbocycles. The summed E-state index contributed by atoms with van der Waals surface area (Å²) in [6, 6.07) is 3.48. The summed E-state index contributed by atoms with van der Waals surface area (Å²) in [7, 11) is -1.66. The van der Waals surface area contributed by atoms with E-state index in [4.69, 9.17) is 0 Å². The van der Waals surface area contributed by atoms with Gasteiger partial charge in [-0.25, -0.2) is 8.42 Å². The van der Waals surface area contributed by atoms with Crippen LogP contribution < -0.4 is 5.32 Å². The van der Waals surface area contributed by atoms with Crippen molar-refractivity contribution in [3.8, 4) is 0 Å². The lowest BCUT2D eigenvalue weighted by atomic mass is 10.2. The number of sulfonamides is 1. The molecule has 4 nitrogen and oxygen atoms in total. The Bertz CT molecular complexity index is 453. The van der Waals surface area contributed by atoms with Crippen LogP contribution in [0.25, 0.3) is 0 Å². The van der Waals surface area contributed by atoms with Crippen LogP contribution in [0.3, 0.4) is 0 Å². The molecule has 2 heterocycles. The van der Waals surface area contributed by atoms with E-state index in [0.29, 0.717) is 4.21 Å². The zero-order valence-electron chi connectivity index (χ0n) is 8.10. The first kappa shape index (κ1) is 11.5. The summed E-state index contributed by atoms with van der Waals surface area (Å²) in [6.07, 6.45) is 0. The Labute approximate surface area is 101 Å². The van der Waals surface area contributed by atoms with Crippen molar-refractivity contribution in [2.75, 3.05) is 20.1 Å². The van der Waals surface area contributed by atoms with Crippen molar-refractivity contribution < 1.29 is 8.42 Å². The number of hydrogen-bond donors (Lipinski definition) is 1. The molecule has 1 aliphatic rings. The lowest BCUT2D eigenvalue weighted by Crippen LogP contribution is -2.57. The molecule has 84 valence electrons. The van der Waals surface area contributed by atoms with E-state index in [1.165, 1.54) is 15.6 Å². The van der Waals surface area contributed by atoms with Crippen LogP contribution in [0, 0.1) is 0 Å². The summed E-state index contributed by atoms with van der Waals surface area (Å²) in [5.74, 6) is 0. The third-order valence-electron chi connectivity index (χ3n) is 2.46. The maximum atomic E-state index is 12.1. The fourth-order valence-corrected chi connectivity index (χ4v) is 4.85. The SMILES string of the molecule is CN(C1CNC1)S(=O)(=O)c1ccc(Br)s1. The summed E-state index contributed by atoms with van der Waals surface area (Å²) >= 11 is 4.51. The number of thiophene rings is 1. The summed E-state index contributed by atoms with van der Waals surface area (Å²) < 4.78 is 26.8. The summed E-state index contributed by atoms with van der Waals surface area (Å²) in [4.78, 5) is 0. The lowest BCUT2D eigenvalue weighted by molar-refractivity contribution is 0.274. The monoisotopic (exact) mass is 310 g/mol. The smallest absolute Gasteiger partial charge is 0.252 e. The van der Waals surface area contributed by atoms with Crippen LogP contribution in [0.1, 0.15) is 0 Å². The van der Waals surface area contributed by atoms with Gasteiger partial charge in [-0.05, 0) is 28.1 Å². The minimum atomic E-state index is -3.30. The molecule has 1 aromatic heterocycles. The minimum absolute atomic E-state index is 0.0934. The Morgan fingerprint density at radius 2 is 2.20 bits per heavy atom. The molecule has 1 N–H and O–H groups in total. The topological polar surface area (TPSA) is 49.4 Å². The number of hydrogen-bond acceptors (Lipinski definition) is 4. The Hall–Kier alpha value is 0.0500. The molecule has 2 rings (SSSR count). The molecule has 1 aliphatic heterocycles. The summed E-state index contributed by atoms with van der Waals surface area (Å²) in [6.45, 7) is 1.48. The number of rotatable bonds is 3. The average Bonchev–Trinajstić information content (AvgIpc) is 2.49. The Morgan fingerprint density at radius 1 is 1.53 bits per heavy atom. The van der Waals surface area contributed by atoms with Crippen LogP contribution in [0.2, 0.25) is 0 Å². The maximum Gasteiger partial charge on any atom is 0.252 e. The van der Waals surface area contributed by atoms with Gasteiger partial charge in [0, 0.05) is 26.2 Å². The molecule has 0 aromatic carbocycles. The van der Waals surface area contributed by atoms with Gasteiger partial charge in [-0.1, -0.05) is 0 Å². The van der Waals surface area contributed by atoms with E-state index in [0.717, 1.165) is 16.9 Å². The molecule has 7 heteroatoms. The highest BCUT2D eigenvalue weighted by atomic mass is 79.9. The average molecular weight is 311 g/mol. The van der Waals surface area contributed by atoms with Crippen molar-refractivity contribution in [2.24, 2.45) is 0 Å².